The first-order chi connectivity index (χ1) is 12.9. The van der Waals surface area contributed by atoms with Gasteiger partial charge in [0.15, 0.2) is 0 Å². The van der Waals surface area contributed by atoms with Gasteiger partial charge in [0.25, 0.3) is 5.91 Å². The van der Waals surface area contributed by atoms with Gasteiger partial charge >= 0.3 is 6.09 Å². The maximum atomic E-state index is 13.0. The summed E-state index contributed by atoms with van der Waals surface area (Å²) in [5.74, 6) is -0.0211. The lowest BCUT2D eigenvalue weighted by molar-refractivity contribution is -0.00504. The summed E-state index contributed by atoms with van der Waals surface area (Å²) >= 11 is 0. The number of aryl methyl sites for hydroxylation is 2. The van der Waals surface area contributed by atoms with E-state index in [9.17, 15) is 9.59 Å². The molecule has 7 heteroatoms. The Morgan fingerprint density at radius 3 is 2.89 bits per heavy atom. The molecular formula is C20H24N4O3. The van der Waals surface area contributed by atoms with E-state index in [-0.39, 0.29) is 5.91 Å². The Morgan fingerprint density at radius 2 is 2.19 bits per heavy atom. The maximum absolute atomic E-state index is 13.0. The lowest BCUT2D eigenvalue weighted by Gasteiger charge is -2.38. The standard InChI is InChI=1S/C20H24N4O3/c1-14-9-15(2)24(22-14)11-16-5-3-6-17(10-16)18(25)23-8-4-7-20(13-23)12-21-19(26)27-20/h3,5-6,9-10H,4,7-8,11-13H2,1-2H3,(H,21,26). The smallest absolute Gasteiger partial charge is 0.407 e. The molecule has 2 fully saturated rings. The molecule has 1 unspecified atom stereocenters. The van der Waals surface area contributed by atoms with Crippen LogP contribution in [0.15, 0.2) is 30.3 Å². The minimum absolute atomic E-state index is 0.0211. The molecule has 1 aromatic carbocycles. The molecule has 3 heterocycles. The molecule has 1 aromatic heterocycles. The summed E-state index contributed by atoms with van der Waals surface area (Å²) in [6.07, 6.45) is 1.22. The van der Waals surface area contributed by atoms with Gasteiger partial charge in [-0.1, -0.05) is 12.1 Å². The molecule has 2 amide bonds. The summed E-state index contributed by atoms with van der Waals surface area (Å²) in [4.78, 5) is 26.3. The highest BCUT2D eigenvalue weighted by atomic mass is 16.6. The largest absolute Gasteiger partial charge is 0.439 e. The van der Waals surface area contributed by atoms with Gasteiger partial charge in [0, 0.05) is 17.8 Å². The van der Waals surface area contributed by atoms with Gasteiger partial charge in [0.1, 0.15) is 5.60 Å². The highest BCUT2D eigenvalue weighted by molar-refractivity contribution is 5.94. The van der Waals surface area contributed by atoms with Crippen molar-refractivity contribution in [2.45, 2.75) is 38.8 Å². The number of alkyl carbamates (subject to hydrolysis) is 1. The summed E-state index contributed by atoms with van der Waals surface area (Å²) in [6, 6.07) is 9.73. The average molecular weight is 368 g/mol. The monoisotopic (exact) mass is 368 g/mol. The Morgan fingerprint density at radius 1 is 1.33 bits per heavy atom. The molecule has 2 aliphatic heterocycles. The van der Waals surface area contributed by atoms with Crippen LogP contribution in [0.2, 0.25) is 0 Å². The number of rotatable bonds is 3. The first-order valence-corrected chi connectivity index (χ1v) is 9.30. The van der Waals surface area contributed by atoms with Crippen molar-refractivity contribution < 1.29 is 14.3 Å². The molecule has 7 nitrogen and oxygen atoms in total. The van der Waals surface area contributed by atoms with E-state index in [2.05, 4.69) is 10.4 Å². The third kappa shape index (κ3) is 3.54. The summed E-state index contributed by atoms with van der Waals surface area (Å²) in [5, 5.41) is 7.21. The number of hydrogen-bond donors (Lipinski definition) is 1. The Hall–Kier alpha value is -2.83. The van der Waals surface area contributed by atoms with Crippen molar-refractivity contribution >= 4 is 12.0 Å². The topological polar surface area (TPSA) is 76.5 Å². The van der Waals surface area contributed by atoms with Crippen molar-refractivity contribution in [1.29, 1.82) is 0 Å². The third-order valence-electron chi connectivity index (χ3n) is 5.30. The second-order valence-electron chi connectivity index (χ2n) is 7.54. The second-order valence-corrected chi connectivity index (χ2v) is 7.54. The number of aromatic nitrogens is 2. The molecule has 1 spiro atoms. The molecule has 27 heavy (non-hydrogen) atoms. The van der Waals surface area contributed by atoms with Crippen LogP contribution in [0.3, 0.4) is 0 Å². The van der Waals surface area contributed by atoms with Crippen LogP contribution in [0.4, 0.5) is 4.79 Å². The van der Waals surface area contributed by atoms with Crippen molar-refractivity contribution in [1.82, 2.24) is 20.0 Å². The fourth-order valence-corrected chi connectivity index (χ4v) is 3.99. The lowest BCUT2D eigenvalue weighted by atomic mass is 9.92. The number of nitrogens with zero attached hydrogens (tertiary/aromatic N) is 3. The zero-order valence-electron chi connectivity index (χ0n) is 15.7. The zero-order chi connectivity index (χ0) is 19.0. The van der Waals surface area contributed by atoms with Crippen LogP contribution < -0.4 is 5.32 Å². The van der Waals surface area contributed by atoms with Gasteiger partial charge < -0.3 is 15.0 Å². The van der Waals surface area contributed by atoms with E-state index < -0.39 is 11.7 Å². The van der Waals surface area contributed by atoms with Crippen LogP contribution in [0.1, 0.15) is 40.2 Å². The van der Waals surface area contributed by atoms with Crippen LogP contribution in [0.25, 0.3) is 0 Å². The molecule has 2 saturated heterocycles. The third-order valence-corrected chi connectivity index (χ3v) is 5.30. The number of hydrogen-bond acceptors (Lipinski definition) is 4. The molecule has 0 bridgehead atoms. The molecule has 2 aromatic rings. The number of amides is 2. The fraction of sp³-hybridized carbons (Fsp3) is 0.450. The number of piperidine rings is 1. The summed E-state index contributed by atoms with van der Waals surface area (Å²) in [7, 11) is 0. The number of likely N-dealkylation sites (tertiary alicyclic amines) is 1. The van der Waals surface area contributed by atoms with Gasteiger partial charge in [0.2, 0.25) is 0 Å². The SMILES string of the molecule is Cc1cc(C)n(Cc2cccc(C(=O)N3CCCC4(CNC(=O)O4)C3)c2)n1. The number of ether oxygens (including phenoxy) is 1. The van der Waals surface area contributed by atoms with E-state index in [4.69, 9.17) is 4.74 Å². The molecule has 4 rings (SSSR count). The summed E-state index contributed by atoms with van der Waals surface area (Å²) in [5.41, 5.74) is 3.19. The van der Waals surface area contributed by atoms with E-state index in [1.165, 1.54) is 0 Å². The maximum Gasteiger partial charge on any atom is 0.407 e. The van der Waals surface area contributed by atoms with Crippen molar-refractivity contribution in [3.63, 3.8) is 0 Å². The van der Waals surface area contributed by atoms with Gasteiger partial charge in [0.05, 0.1) is 25.3 Å². The van der Waals surface area contributed by atoms with E-state index in [1.54, 1.807) is 4.90 Å². The highest BCUT2D eigenvalue weighted by Crippen LogP contribution is 2.29. The number of carbonyl (C=O) groups excluding carboxylic acids is 2. The fourth-order valence-electron chi connectivity index (χ4n) is 3.99. The van der Waals surface area contributed by atoms with Gasteiger partial charge in [-0.15, -0.1) is 0 Å². The summed E-state index contributed by atoms with van der Waals surface area (Å²) < 4.78 is 7.41. The van der Waals surface area contributed by atoms with Gasteiger partial charge in [-0.2, -0.15) is 5.10 Å². The quantitative estimate of drug-likeness (QED) is 0.902. The predicted molar refractivity (Wildman–Crippen MR) is 99.6 cm³/mol. The normalized spacial score (nSPS) is 22.0. The molecule has 0 radical (unpaired) electrons. The van der Waals surface area contributed by atoms with E-state index >= 15 is 0 Å². The first kappa shape index (κ1) is 17.6. The Kier molecular flexibility index (Phi) is 4.37. The van der Waals surface area contributed by atoms with E-state index in [1.807, 2.05) is 48.9 Å². The number of carbonyl (C=O) groups is 2. The number of nitrogens with one attached hydrogen (secondary N) is 1. The predicted octanol–water partition coefficient (Wildman–Crippen LogP) is 2.26. The van der Waals surface area contributed by atoms with Crippen LogP contribution in [-0.4, -0.2) is 51.9 Å². The van der Waals surface area contributed by atoms with Gasteiger partial charge in [-0.25, -0.2) is 4.79 Å². The molecular weight excluding hydrogens is 344 g/mol. The van der Waals surface area contributed by atoms with E-state index in [0.717, 1.165) is 29.8 Å². The van der Waals surface area contributed by atoms with Gasteiger partial charge in [-0.3, -0.25) is 9.48 Å². The van der Waals surface area contributed by atoms with Gasteiger partial charge in [-0.05, 0) is 50.5 Å². The summed E-state index contributed by atoms with van der Waals surface area (Å²) in [6.45, 7) is 6.21. The Bertz CT molecular complexity index is 891. The Balaban J connectivity index is 1.50. The highest BCUT2D eigenvalue weighted by Gasteiger charge is 2.44. The average Bonchev–Trinajstić information content (AvgIpc) is 3.16. The molecule has 0 saturated carbocycles. The van der Waals surface area contributed by atoms with Crippen LogP contribution in [0.5, 0.6) is 0 Å². The van der Waals surface area contributed by atoms with Crippen molar-refractivity contribution in [3.8, 4) is 0 Å². The second kappa shape index (κ2) is 6.72. The Labute approximate surface area is 158 Å². The van der Waals surface area contributed by atoms with Crippen molar-refractivity contribution in [2.75, 3.05) is 19.6 Å². The number of benzene rings is 1. The van der Waals surface area contributed by atoms with Crippen LogP contribution in [0, 0.1) is 13.8 Å². The van der Waals surface area contributed by atoms with Crippen molar-refractivity contribution in [3.05, 3.63) is 52.8 Å². The van der Waals surface area contributed by atoms with E-state index in [0.29, 0.717) is 31.7 Å². The zero-order valence-corrected chi connectivity index (χ0v) is 15.7. The first-order valence-electron chi connectivity index (χ1n) is 9.30. The van der Waals surface area contributed by atoms with Crippen LogP contribution in [-0.2, 0) is 11.3 Å². The molecule has 142 valence electrons. The minimum atomic E-state index is -0.577. The molecule has 0 aliphatic carbocycles. The van der Waals surface area contributed by atoms with Crippen LogP contribution >= 0.6 is 0 Å². The molecule has 1 atom stereocenters. The molecule has 1 N–H and O–H groups in total. The lowest BCUT2D eigenvalue weighted by Crippen LogP contribution is -2.52. The minimum Gasteiger partial charge on any atom is -0.439 e. The van der Waals surface area contributed by atoms with Crippen molar-refractivity contribution in [2.24, 2.45) is 0 Å². The molecule has 2 aliphatic rings.